The zero-order valence-corrected chi connectivity index (χ0v) is 20.9. The third-order valence-corrected chi connectivity index (χ3v) is 7.47. The van der Waals surface area contributed by atoms with E-state index in [0.29, 0.717) is 11.1 Å². The quantitative estimate of drug-likeness (QED) is 0.295. The molecule has 0 fully saturated rings. The monoisotopic (exact) mass is 535 g/mol. The second kappa shape index (κ2) is 10.8. The average molecular weight is 536 g/mol. The number of rotatable bonds is 8. The van der Waals surface area contributed by atoms with Gasteiger partial charge in [0.25, 0.3) is 0 Å². The van der Waals surface area contributed by atoms with Crippen molar-refractivity contribution in [1.82, 2.24) is 4.31 Å². The van der Waals surface area contributed by atoms with Crippen LogP contribution in [0.5, 0.6) is 0 Å². The molecule has 0 bridgehead atoms. The molecule has 0 saturated heterocycles. The Labute approximate surface area is 208 Å². The number of alkyl halides is 6. The van der Waals surface area contributed by atoms with Crippen molar-refractivity contribution in [2.75, 3.05) is 0 Å². The van der Waals surface area contributed by atoms with Gasteiger partial charge in [-0.1, -0.05) is 30.3 Å². The highest BCUT2D eigenvalue weighted by atomic mass is 32.2. The van der Waals surface area contributed by atoms with Gasteiger partial charge in [-0.3, -0.25) is 0 Å². The van der Waals surface area contributed by atoms with Gasteiger partial charge in [0.05, 0.1) is 21.4 Å². The minimum Gasteiger partial charge on any atom is -0.478 e. The normalized spacial score (nSPS) is 15.8. The molecule has 0 aliphatic rings. The van der Waals surface area contributed by atoms with Crippen LogP contribution < -0.4 is 0 Å². The molecule has 0 aliphatic carbocycles. The molecule has 2 rings (SSSR count). The van der Waals surface area contributed by atoms with Crippen LogP contribution in [0.1, 0.15) is 56.4 Å². The second-order valence-electron chi connectivity index (χ2n) is 9.39. The van der Waals surface area contributed by atoms with Gasteiger partial charge in [-0.15, -0.1) is 0 Å². The minimum absolute atomic E-state index is 0.0485. The van der Waals surface area contributed by atoms with Gasteiger partial charge in [-0.05, 0) is 69.5 Å². The van der Waals surface area contributed by atoms with E-state index in [1.54, 1.807) is 27.7 Å². The van der Waals surface area contributed by atoms with E-state index < -0.39 is 50.7 Å². The molecule has 0 saturated carbocycles. The number of hydrogen-bond donors (Lipinski definition) is 1. The van der Waals surface area contributed by atoms with E-state index >= 15 is 0 Å². The molecule has 2 atom stereocenters. The molecule has 0 radical (unpaired) electrons. The maximum Gasteiger partial charge on any atom is 0.416 e. The van der Waals surface area contributed by atoms with Crippen molar-refractivity contribution in [2.24, 2.45) is 0 Å². The van der Waals surface area contributed by atoms with Crippen molar-refractivity contribution in [2.45, 2.75) is 63.3 Å². The fourth-order valence-corrected chi connectivity index (χ4v) is 4.96. The van der Waals surface area contributed by atoms with Crippen LogP contribution in [-0.4, -0.2) is 24.3 Å². The Hall–Kier alpha value is -2.66. The zero-order valence-electron chi connectivity index (χ0n) is 20.1. The van der Waals surface area contributed by atoms with Crippen LogP contribution in [0.15, 0.2) is 60.7 Å². The lowest BCUT2D eigenvalue weighted by atomic mass is 9.87. The van der Waals surface area contributed by atoms with Gasteiger partial charge in [0.1, 0.15) is 11.0 Å². The van der Waals surface area contributed by atoms with Gasteiger partial charge < -0.3 is 5.11 Å². The number of nitrogens with zero attached hydrogens (tertiary/aromatic N) is 1. The smallest absolute Gasteiger partial charge is 0.416 e. The largest absolute Gasteiger partial charge is 0.478 e. The van der Waals surface area contributed by atoms with Gasteiger partial charge in [0.2, 0.25) is 0 Å². The first-order chi connectivity index (χ1) is 16.4. The van der Waals surface area contributed by atoms with E-state index in [9.17, 15) is 35.3 Å². The molecule has 36 heavy (non-hydrogen) atoms. The molecule has 0 amide bonds. The molecule has 0 spiro atoms. The molecular weight excluding hydrogens is 508 g/mol. The summed E-state index contributed by atoms with van der Waals surface area (Å²) in [4.78, 5) is 11.1. The molecule has 2 unspecified atom stereocenters. The van der Waals surface area contributed by atoms with Crippen molar-refractivity contribution in [3.63, 3.8) is 0 Å². The summed E-state index contributed by atoms with van der Waals surface area (Å²) in [6.45, 7) is 6.55. The van der Waals surface area contributed by atoms with Crippen LogP contribution >= 0.6 is 0 Å². The predicted molar refractivity (Wildman–Crippen MR) is 125 cm³/mol. The Kier molecular flexibility index (Phi) is 8.84. The summed E-state index contributed by atoms with van der Waals surface area (Å²) < 4.78 is 92.7. The Balaban J connectivity index is 2.64. The molecule has 2 aromatic rings. The predicted octanol–water partition coefficient (Wildman–Crippen LogP) is 6.93. The molecule has 0 heterocycles. The molecule has 198 valence electrons. The Morgan fingerprint density at radius 1 is 0.833 bits per heavy atom. The van der Waals surface area contributed by atoms with Crippen molar-refractivity contribution >= 4 is 17.0 Å². The third kappa shape index (κ3) is 7.42. The number of carboxylic acid groups (broad SMARTS) is 1. The summed E-state index contributed by atoms with van der Waals surface area (Å²) in [6, 6.07) is 8.51. The number of hydrogen-bond acceptors (Lipinski definition) is 2. The minimum atomic E-state index is -4.58. The number of halogens is 6. The van der Waals surface area contributed by atoms with Crippen molar-refractivity contribution in [3.05, 3.63) is 82.9 Å². The molecule has 0 aromatic heterocycles. The van der Waals surface area contributed by atoms with E-state index in [2.05, 4.69) is 0 Å². The summed E-state index contributed by atoms with van der Waals surface area (Å²) in [7, 11) is -1.80. The maximum absolute atomic E-state index is 13.7. The molecule has 4 nitrogen and oxygen atoms in total. The highest BCUT2D eigenvalue weighted by Crippen LogP contribution is 2.39. The Morgan fingerprint density at radius 3 is 1.64 bits per heavy atom. The first kappa shape index (κ1) is 29.6. The van der Waals surface area contributed by atoms with Crippen molar-refractivity contribution in [1.29, 1.82) is 0 Å². The zero-order chi connectivity index (χ0) is 27.5. The van der Waals surface area contributed by atoms with Crippen molar-refractivity contribution < 1.29 is 40.5 Å². The van der Waals surface area contributed by atoms with Crippen LogP contribution in [0, 0.1) is 0 Å². The number of carboxylic acids is 1. The summed E-state index contributed by atoms with van der Waals surface area (Å²) in [5.41, 5.74) is -2.31. The van der Waals surface area contributed by atoms with E-state index in [4.69, 9.17) is 5.11 Å². The second-order valence-corrected chi connectivity index (χ2v) is 11.6. The SMILES string of the molecule is CC(C/C=C/C(=O)O)(c1ccc(C(F)(F)F)cc1)N(Cc1ccc(C(F)(F)F)cc1)S(=O)C(C)(C)C. The summed E-state index contributed by atoms with van der Waals surface area (Å²) >= 11 is 0. The van der Waals surface area contributed by atoms with Crippen LogP contribution in [0.3, 0.4) is 0 Å². The van der Waals surface area contributed by atoms with Gasteiger partial charge >= 0.3 is 18.3 Å². The van der Waals surface area contributed by atoms with Gasteiger partial charge in [0, 0.05) is 12.6 Å². The summed E-state index contributed by atoms with van der Waals surface area (Å²) in [5, 5.41) is 9.03. The Bertz CT molecular complexity index is 1100. The van der Waals surface area contributed by atoms with Gasteiger partial charge in [-0.25, -0.2) is 13.3 Å². The van der Waals surface area contributed by atoms with Gasteiger partial charge in [-0.2, -0.15) is 26.3 Å². The van der Waals surface area contributed by atoms with Crippen LogP contribution in [0.25, 0.3) is 0 Å². The van der Waals surface area contributed by atoms with Crippen LogP contribution in [-0.2, 0) is 40.2 Å². The van der Waals surface area contributed by atoms with E-state index in [1.807, 2.05) is 0 Å². The molecule has 1 N–H and O–H groups in total. The number of aliphatic carboxylic acids is 1. The Morgan fingerprint density at radius 2 is 1.25 bits per heavy atom. The molecular formula is C25H27F6NO3S. The molecule has 2 aromatic carbocycles. The highest BCUT2D eigenvalue weighted by Gasteiger charge is 2.41. The van der Waals surface area contributed by atoms with E-state index in [1.165, 1.54) is 34.6 Å². The fourth-order valence-electron chi connectivity index (χ4n) is 3.48. The van der Waals surface area contributed by atoms with E-state index in [0.717, 1.165) is 30.3 Å². The van der Waals surface area contributed by atoms with Crippen molar-refractivity contribution in [3.8, 4) is 0 Å². The standard InChI is InChI=1S/C25H27F6NO3S/c1-22(2,3)36(35)32(16-17-7-9-19(10-8-17)24(26,27)28)23(4,15-5-6-21(33)34)18-11-13-20(14-12-18)25(29,30)31/h5-14H,15-16H2,1-4H3,(H,33,34)/b6-5+. The average Bonchev–Trinajstić information content (AvgIpc) is 2.75. The van der Waals surface area contributed by atoms with Crippen LogP contribution in [0.4, 0.5) is 26.3 Å². The lowest BCUT2D eigenvalue weighted by molar-refractivity contribution is -0.138. The first-order valence-electron chi connectivity index (χ1n) is 10.8. The highest BCUT2D eigenvalue weighted by molar-refractivity contribution is 7.84. The van der Waals surface area contributed by atoms with E-state index in [-0.39, 0.29) is 13.0 Å². The topological polar surface area (TPSA) is 57.6 Å². The maximum atomic E-state index is 13.7. The fraction of sp³-hybridized carbons (Fsp3) is 0.400. The lowest BCUT2D eigenvalue weighted by Crippen LogP contribution is -2.49. The first-order valence-corrected chi connectivity index (χ1v) is 11.9. The molecule has 0 aliphatic heterocycles. The van der Waals surface area contributed by atoms with Gasteiger partial charge in [0.15, 0.2) is 0 Å². The summed E-state index contributed by atoms with van der Waals surface area (Å²) in [6.07, 6.45) is -6.99. The lowest BCUT2D eigenvalue weighted by Gasteiger charge is -2.43. The summed E-state index contributed by atoms with van der Waals surface area (Å²) in [5.74, 6) is -1.24. The molecule has 11 heteroatoms. The number of benzene rings is 2. The third-order valence-electron chi connectivity index (χ3n) is 5.49. The number of carbonyl (C=O) groups is 1. The van der Waals surface area contributed by atoms with Crippen LogP contribution in [0.2, 0.25) is 0 Å².